The zero-order valence-electron chi connectivity index (χ0n) is 9.97. The van der Waals surface area contributed by atoms with Crippen LogP contribution in [0.25, 0.3) is 0 Å². The summed E-state index contributed by atoms with van der Waals surface area (Å²) in [5.41, 5.74) is 0.470. The molecule has 0 aliphatic carbocycles. The Morgan fingerprint density at radius 3 is 3.39 bits per heavy atom. The molecule has 1 aromatic heterocycles. The maximum atomic E-state index is 11.5. The van der Waals surface area contributed by atoms with E-state index in [1.807, 2.05) is 0 Å². The van der Waals surface area contributed by atoms with E-state index in [-0.39, 0.29) is 17.8 Å². The van der Waals surface area contributed by atoms with Gasteiger partial charge in [0, 0.05) is 18.0 Å². The van der Waals surface area contributed by atoms with Gasteiger partial charge in [0.25, 0.3) is 0 Å². The van der Waals surface area contributed by atoms with Crippen molar-refractivity contribution in [1.29, 1.82) is 0 Å². The zero-order valence-corrected chi connectivity index (χ0v) is 11.5. The Morgan fingerprint density at radius 1 is 1.67 bits per heavy atom. The number of ether oxygens (including phenoxy) is 1. The van der Waals surface area contributed by atoms with Crippen LogP contribution in [0.15, 0.2) is 5.38 Å². The van der Waals surface area contributed by atoms with Crippen LogP contribution in [0.2, 0.25) is 0 Å². The topological polar surface area (TPSA) is 42.4 Å². The number of aromatic nitrogens is 1. The molecule has 0 bridgehead atoms. The molecular weight excluding hydrogens is 272 g/mol. The van der Waals surface area contributed by atoms with Crippen LogP contribution in [0.4, 0.5) is 0 Å². The van der Waals surface area contributed by atoms with Crippen LogP contribution in [0, 0.1) is 0 Å². The van der Waals surface area contributed by atoms with Crippen LogP contribution in [0.3, 0.4) is 0 Å². The van der Waals surface area contributed by atoms with E-state index in [1.54, 1.807) is 5.38 Å². The number of morpholine rings is 1. The lowest BCUT2D eigenvalue weighted by Crippen LogP contribution is -2.42. The fraction of sp³-hybridized carbons (Fsp3) is 0.667. The van der Waals surface area contributed by atoms with E-state index in [0.717, 1.165) is 24.7 Å². The molecule has 1 aromatic rings. The van der Waals surface area contributed by atoms with Crippen LogP contribution in [0.1, 0.15) is 34.4 Å². The molecule has 0 amide bonds. The SMILES string of the molecule is O=C(CCl)c1csc(C2CN3CCCC3CO2)n1. The fourth-order valence-corrected chi connectivity index (χ4v) is 3.60. The summed E-state index contributed by atoms with van der Waals surface area (Å²) in [5, 5.41) is 2.67. The molecule has 0 N–H and O–H groups in total. The monoisotopic (exact) mass is 286 g/mol. The summed E-state index contributed by atoms with van der Waals surface area (Å²) < 4.78 is 5.87. The predicted octanol–water partition coefficient (Wildman–Crippen LogP) is 2.10. The van der Waals surface area contributed by atoms with E-state index < -0.39 is 0 Å². The summed E-state index contributed by atoms with van der Waals surface area (Å²) in [5.74, 6) is -0.128. The van der Waals surface area contributed by atoms with Crippen molar-refractivity contribution in [2.45, 2.75) is 25.0 Å². The van der Waals surface area contributed by atoms with Crippen LogP contribution in [-0.4, -0.2) is 47.3 Å². The van der Waals surface area contributed by atoms with E-state index in [9.17, 15) is 4.79 Å². The Hall–Kier alpha value is -0.490. The van der Waals surface area contributed by atoms with Crippen LogP contribution >= 0.6 is 22.9 Å². The lowest BCUT2D eigenvalue weighted by atomic mass is 10.2. The third-order valence-corrected chi connectivity index (χ3v) is 4.77. The molecule has 0 spiro atoms. The van der Waals surface area contributed by atoms with Crippen molar-refractivity contribution in [2.75, 3.05) is 25.6 Å². The standard InChI is InChI=1S/C12H15ClN2O2S/c13-4-10(16)9-7-18-12(14-9)11-5-15-3-1-2-8(15)6-17-11/h7-8,11H,1-6H2. The molecule has 2 fully saturated rings. The van der Waals surface area contributed by atoms with Crippen molar-refractivity contribution in [2.24, 2.45) is 0 Å². The van der Waals surface area contributed by atoms with Crippen LogP contribution in [-0.2, 0) is 4.74 Å². The lowest BCUT2D eigenvalue weighted by molar-refractivity contribution is -0.0502. The minimum Gasteiger partial charge on any atom is -0.368 e. The molecule has 3 heterocycles. The number of hydrogen-bond donors (Lipinski definition) is 0. The van der Waals surface area contributed by atoms with Crippen LogP contribution < -0.4 is 0 Å². The largest absolute Gasteiger partial charge is 0.368 e. The van der Waals surface area contributed by atoms with Gasteiger partial charge in [-0.1, -0.05) is 0 Å². The Bertz CT molecular complexity index is 451. The number of halogens is 1. The number of Topliss-reactive ketones (excluding diaryl/α,β-unsaturated/α-hetero) is 1. The van der Waals surface area contributed by atoms with Crippen molar-refractivity contribution in [3.05, 3.63) is 16.1 Å². The van der Waals surface area contributed by atoms with Crippen LogP contribution in [0.5, 0.6) is 0 Å². The first kappa shape index (κ1) is 12.5. The third kappa shape index (κ3) is 2.32. The summed E-state index contributed by atoms with van der Waals surface area (Å²) in [7, 11) is 0. The van der Waals surface area contributed by atoms with Crippen molar-refractivity contribution >= 4 is 28.7 Å². The summed E-state index contributed by atoms with van der Waals surface area (Å²) in [6.45, 7) is 2.83. The van der Waals surface area contributed by atoms with Gasteiger partial charge in [-0.3, -0.25) is 9.69 Å². The molecule has 4 nitrogen and oxygen atoms in total. The summed E-state index contributed by atoms with van der Waals surface area (Å²) in [6, 6.07) is 0.588. The molecule has 0 aromatic carbocycles. The van der Waals surface area contributed by atoms with Gasteiger partial charge in [0.05, 0.1) is 12.5 Å². The van der Waals surface area contributed by atoms with Gasteiger partial charge in [-0.15, -0.1) is 22.9 Å². The molecule has 0 saturated carbocycles. The van der Waals surface area contributed by atoms with Gasteiger partial charge >= 0.3 is 0 Å². The third-order valence-electron chi connectivity index (χ3n) is 3.59. The summed E-state index contributed by atoms with van der Waals surface area (Å²) in [6.07, 6.45) is 2.51. The van der Waals surface area contributed by atoms with Gasteiger partial charge < -0.3 is 4.74 Å². The highest BCUT2D eigenvalue weighted by Gasteiger charge is 2.34. The van der Waals surface area contributed by atoms with Crippen molar-refractivity contribution in [3.8, 4) is 0 Å². The van der Waals surface area contributed by atoms with E-state index in [2.05, 4.69) is 9.88 Å². The van der Waals surface area contributed by atoms with Gasteiger partial charge in [0.15, 0.2) is 5.78 Å². The normalized spacial score (nSPS) is 28.3. The first-order valence-corrected chi connectivity index (χ1v) is 7.59. The molecule has 0 radical (unpaired) electrons. The average molecular weight is 287 g/mol. The number of carbonyl (C=O) groups is 1. The predicted molar refractivity (Wildman–Crippen MR) is 70.5 cm³/mol. The first-order valence-electron chi connectivity index (χ1n) is 6.18. The number of thiazole rings is 1. The summed E-state index contributed by atoms with van der Waals surface area (Å²) >= 11 is 7.02. The molecule has 98 valence electrons. The quantitative estimate of drug-likeness (QED) is 0.630. The van der Waals surface area contributed by atoms with Gasteiger partial charge in [-0.25, -0.2) is 4.98 Å². The minimum atomic E-state index is -0.117. The van der Waals surface area contributed by atoms with Gasteiger partial charge in [-0.05, 0) is 19.4 Å². The van der Waals surface area contributed by atoms with Gasteiger partial charge in [0.2, 0.25) is 0 Å². The number of fused-ring (bicyclic) bond motifs is 1. The number of hydrogen-bond acceptors (Lipinski definition) is 5. The average Bonchev–Trinajstić information content (AvgIpc) is 3.05. The maximum Gasteiger partial charge on any atom is 0.196 e. The number of ketones is 1. The maximum absolute atomic E-state index is 11.5. The second-order valence-corrected chi connectivity index (χ2v) is 5.90. The molecule has 2 unspecified atom stereocenters. The molecule has 18 heavy (non-hydrogen) atoms. The van der Waals surface area contributed by atoms with Crippen molar-refractivity contribution in [1.82, 2.24) is 9.88 Å². The Labute approximate surface area is 115 Å². The second-order valence-electron chi connectivity index (χ2n) is 4.74. The molecule has 2 saturated heterocycles. The molecule has 2 aliphatic rings. The van der Waals surface area contributed by atoms with Crippen molar-refractivity contribution < 1.29 is 9.53 Å². The highest BCUT2D eigenvalue weighted by atomic mass is 35.5. The molecule has 2 aliphatic heterocycles. The highest BCUT2D eigenvalue weighted by Crippen LogP contribution is 2.31. The number of alkyl halides is 1. The van der Waals surface area contributed by atoms with E-state index >= 15 is 0 Å². The molecule has 2 atom stereocenters. The Morgan fingerprint density at radius 2 is 2.56 bits per heavy atom. The van der Waals surface area contributed by atoms with Gasteiger partial charge in [-0.2, -0.15) is 0 Å². The van der Waals surface area contributed by atoms with E-state index in [4.69, 9.17) is 16.3 Å². The zero-order chi connectivity index (χ0) is 12.5. The molecule has 3 rings (SSSR count). The molecular formula is C12H15ClN2O2S. The number of carbonyl (C=O) groups excluding carboxylic acids is 1. The van der Waals surface area contributed by atoms with Gasteiger partial charge in [0.1, 0.15) is 16.8 Å². The number of nitrogens with zero attached hydrogens (tertiary/aromatic N) is 2. The Balaban J connectivity index is 1.71. The van der Waals surface area contributed by atoms with E-state index in [1.165, 1.54) is 24.2 Å². The molecule has 6 heteroatoms. The fourth-order valence-electron chi connectivity index (χ4n) is 2.60. The smallest absolute Gasteiger partial charge is 0.196 e. The number of rotatable bonds is 3. The van der Waals surface area contributed by atoms with E-state index in [0.29, 0.717) is 11.7 Å². The second kappa shape index (κ2) is 5.25. The van der Waals surface area contributed by atoms with Crippen molar-refractivity contribution in [3.63, 3.8) is 0 Å². The highest BCUT2D eigenvalue weighted by molar-refractivity contribution is 7.09. The minimum absolute atomic E-state index is 0.0110. The lowest BCUT2D eigenvalue weighted by Gasteiger charge is -2.34. The summed E-state index contributed by atoms with van der Waals surface area (Å²) in [4.78, 5) is 18.3. The first-order chi connectivity index (χ1) is 8.78. The Kier molecular flexibility index (Phi) is 3.66.